The molecule has 18 heavy (non-hydrogen) atoms. The van der Waals surface area contributed by atoms with Gasteiger partial charge in [-0.05, 0) is 38.1 Å². The highest BCUT2D eigenvalue weighted by Crippen LogP contribution is 2.30. The summed E-state index contributed by atoms with van der Waals surface area (Å²) in [6.07, 6.45) is 5.80. The van der Waals surface area contributed by atoms with Crippen LogP contribution in [0.15, 0.2) is 11.9 Å². The van der Waals surface area contributed by atoms with E-state index in [4.69, 9.17) is 12.2 Å². The smallest absolute Gasteiger partial charge is 0.276 e. The van der Waals surface area contributed by atoms with E-state index < -0.39 is 0 Å². The third-order valence-electron chi connectivity index (χ3n) is 3.17. The first-order valence-corrected chi connectivity index (χ1v) is 6.33. The fraction of sp³-hybridized carbons (Fsp3) is 0.417. The quantitative estimate of drug-likeness (QED) is 0.637. The molecule has 2 heterocycles. The Hall–Kier alpha value is -1.69. The molecule has 3 rings (SSSR count). The van der Waals surface area contributed by atoms with Crippen molar-refractivity contribution in [1.82, 2.24) is 20.0 Å². The minimum Gasteiger partial charge on any atom is -0.328 e. The van der Waals surface area contributed by atoms with Gasteiger partial charge in [0.15, 0.2) is 5.11 Å². The van der Waals surface area contributed by atoms with E-state index in [0.717, 1.165) is 24.1 Å². The molecule has 5 nitrogen and oxygen atoms in total. The van der Waals surface area contributed by atoms with Gasteiger partial charge in [-0.1, -0.05) is 0 Å². The fourth-order valence-electron chi connectivity index (χ4n) is 2.13. The molecule has 1 amide bonds. The zero-order chi connectivity index (χ0) is 12.9. The minimum absolute atomic E-state index is 0.0225. The molecule has 1 aliphatic carbocycles. The van der Waals surface area contributed by atoms with Crippen LogP contribution >= 0.6 is 12.2 Å². The van der Waals surface area contributed by atoms with Crippen LogP contribution in [0.4, 0.5) is 0 Å². The third-order valence-corrected chi connectivity index (χ3v) is 3.47. The van der Waals surface area contributed by atoms with Crippen molar-refractivity contribution in [3.63, 3.8) is 0 Å². The number of rotatable bonds is 2. The number of aromatic nitrogens is 2. The molecule has 2 aliphatic rings. The molecule has 1 aromatic rings. The summed E-state index contributed by atoms with van der Waals surface area (Å²) >= 11 is 5.20. The van der Waals surface area contributed by atoms with E-state index in [1.165, 1.54) is 0 Å². The Labute approximate surface area is 110 Å². The van der Waals surface area contributed by atoms with Gasteiger partial charge < -0.3 is 5.32 Å². The predicted molar refractivity (Wildman–Crippen MR) is 71.5 cm³/mol. The second-order valence-electron chi connectivity index (χ2n) is 4.74. The molecule has 1 N–H and O–H groups in total. The number of nitrogens with one attached hydrogen (secondary N) is 1. The Morgan fingerprint density at radius 3 is 2.83 bits per heavy atom. The lowest BCUT2D eigenvalue weighted by atomic mass is 10.2. The topological polar surface area (TPSA) is 50.2 Å². The van der Waals surface area contributed by atoms with E-state index in [-0.39, 0.29) is 5.91 Å². The predicted octanol–water partition coefficient (Wildman–Crippen LogP) is 0.949. The molecule has 0 atom stereocenters. The molecule has 1 aromatic heterocycles. The summed E-state index contributed by atoms with van der Waals surface area (Å²) in [5.74, 6) is -0.0225. The molecule has 94 valence electrons. The van der Waals surface area contributed by atoms with Gasteiger partial charge in [0.1, 0.15) is 5.70 Å². The Bertz CT molecular complexity index is 571. The Balaban J connectivity index is 1.91. The van der Waals surface area contributed by atoms with Crippen molar-refractivity contribution >= 4 is 29.3 Å². The zero-order valence-corrected chi connectivity index (χ0v) is 11.1. The minimum atomic E-state index is -0.0225. The van der Waals surface area contributed by atoms with Crippen LogP contribution in [0, 0.1) is 6.92 Å². The molecule has 1 saturated carbocycles. The first-order chi connectivity index (χ1) is 8.56. The van der Waals surface area contributed by atoms with E-state index in [1.807, 2.05) is 26.2 Å². The van der Waals surface area contributed by atoms with Crippen LogP contribution in [-0.2, 0) is 11.8 Å². The SMILES string of the molecule is Cc1nn(C)cc1C=C1NC(=S)N(C2CC2)C1=O. The zero-order valence-electron chi connectivity index (χ0n) is 10.3. The van der Waals surface area contributed by atoms with Crippen LogP contribution in [0.5, 0.6) is 0 Å². The summed E-state index contributed by atoms with van der Waals surface area (Å²) in [6.45, 7) is 1.92. The summed E-state index contributed by atoms with van der Waals surface area (Å²) in [6, 6.07) is 0.304. The lowest BCUT2D eigenvalue weighted by Gasteiger charge is -2.11. The molecule has 6 heteroatoms. The lowest BCUT2D eigenvalue weighted by Crippen LogP contribution is -2.32. The normalized spacial score (nSPS) is 21.9. The van der Waals surface area contributed by atoms with Gasteiger partial charge in [-0.2, -0.15) is 5.10 Å². The van der Waals surface area contributed by atoms with Crippen LogP contribution in [0.3, 0.4) is 0 Å². The average molecular weight is 262 g/mol. The van der Waals surface area contributed by atoms with Crippen LogP contribution < -0.4 is 5.32 Å². The highest BCUT2D eigenvalue weighted by Gasteiger charge is 2.41. The van der Waals surface area contributed by atoms with Crippen LogP contribution in [0.2, 0.25) is 0 Å². The average Bonchev–Trinajstić information content (AvgIpc) is 3.00. The summed E-state index contributed by atoms with van der Waals surface area (Å²) in [5, 5.41) is 7.77. The third kappa shape index (κ3) is 1.82. The van der Waals surface area contributed by atoms with Crippen molar-refractivity contribution in [2.24, 2.45) is 7.05 Å². The standard InChI is InChI=1S/C12H14N4OS/c1-7-8(6-15(2)14-7)5-10-11(17)16(9-3-4-9)12(18)13-10/h5-6,9H,3-4H2,1-2H3,(H,13,18). The summed E-state index contributed by atoms with van der Waals surface area (Å²) in [4.78, 5) is 13.9. The molecule has 2 fully saturated rings. The van der Waals surface area contributed by atoms with Crippen molar-refractivity contribution in [3.05, 3.63) is 23.2 Å². The molecule has 1 aliphatic heterocycles. The van der Waals surface area contributed by atoms with Crippen molar-refractivity contribution in [2.75, 3.05) is 0 Å². The first-order valence-electron chi connectivity index (χ1n) is 5.93. The number of hydrogen-bond acceptors (Lipinski definition) is 3. The highest BCUT2D eigenvalue weighted by molar-refractivity contribution is 7.80. The molecule has 0 spiro atoms. The highest BCUT2D eigenvalue weighted by atomic mass is 32.1. The second-order valence-corrected chi connectivity index (χ2v) is 5.12. The fourth-order valence-corrected chi connectivity index (χ4v) is 2.47. The maximum Gasteiger partial charge on any atom is 0.276 e. The summed E-state index contributed by atoms with van der Waals surface area (Å²) in [7, 11) is 1.86. The number of aryl methyl sites for hydroxylation is 2. The van der Waals surface area contributed by atoms with Gasteiger partial charge in [-0.25, -0.2) is 0 Å². The molecule has 0 bridgehead atoms. The van der Waals surface area contributed by atoms with E-state index in [1.54, 1.807) is 9.58 Å². The monoisotopic (exact) mass is 262 g/mol. The molecule has 1 saturated heterocycles. The van der Waals surface area contributed by atoms with Crippen LogP contribution in [-0.4, -0.2) is 31.7 Å². The van der Waals surface area contributed by atoms with Gasteiger partial charge in [0.2, 0.25) is 0 Å². The van der Waals surface area contributed by atoms with Crippen molar-refractivity contribution in [2.45, 2.75) is 25.8 Å². The summed E-state index contributed by atoms with van der Waals surface area (Å²) < 4.78 is 1.73. The van der Waals surface area contributed by atoms with E-state index in [2.05, 4.69) is 10.4 Å². The van der Waals surface area contributed by atoms with Gasteiger partial charge in [0.05, 0.1) is 5.69 Å². The van der Waals surface area contributed by atoms with Gasteiger partial charge in [-0.15, -0.1) is 0 Å². The van der Waals surface area contributed by atoms with Gasteiger partial charge in [0, 0.05) is 24.8 Å². The maximum absolute atomic E-state index is 12.2. The van der Waals surface area contributed by atoms with Crippen molar-refractivity contribution < 1.29 is 4.79 Å². The molecular weight excluding hydrogens is 248 g/mol. The van der Waals surface area contributed by atoms with Crippen molar-refractivity contribution in [3.8, 4) is 0 Å². The number of amides is 1. The van der Waals surface area contributed by atoms with Crippen molar-refractivity contribution in [1.29, 1.82) is 0 Å². The Kier molecular flexibility index (Phi) is 2.48. The van der Waals surface area contributed by atoms with Gasteiger partial charge in [-0.3, -0.25) is 14.4 Å². The second kappa shape index (κ2) is 3.91. The molecule has 0 unspecified atom stereocenters. The molecular formula is C12H14N4OS. The van der Waals surface area contributed by atoms with Crippen LogP contribution in [0.25, 0.3) is 6.08 Å². The number of carbonyl (C=O) groups excluding carboxylic acids is 1. The van der Waals surface area contributed by atoms with E-state index >= 15 is 0 Å². The molecule has 0 aromatic carbocycles. The van der Waals surface area contributed by atoms with Gasteiger partial charge in [0.25, 0.3) is 5.91 Å². The van der Waals surface area contributed by atoms with Gasteiger partial charge >= 0.3 is 0 Å². The van der Waals surface area contributed by atoms with Crippen LogP contribution in [0.1, 0.15) is 24.1 Å². The van der Waals surface area contributed by atoms with E-state index in [0.29, 0.717) is 16.9 Å². The number of hydrogen-bond donors (Lipinski definition) is 1. The maximum atomic E-state index is 12.2. The number of carbonyl (C=O) groups is 1. The largest absolute Gasteiger partial charge is 0.328 e. The number of thiocarbonyl (C=S) groups is 1. The molecule has 0 radical (unpaired) electrons. The van der Waals surface area contributed by atoms with E-state index in [9.17, 15) is 4.79 Å². The Morgan fingerprint density at radius 2 is 2.28 bits per heavy atom. The number of nitrogens with zero attached hydrogens (tertiary/aromatic N) is 3. The lowest BCUT2D eigenvalue weighted by molar-refractivity contribution is -0.122. The summed E-state index contributed by atoms with van der Waals surface area (Å²) in [5.41, 5.74) is 2.38. The Morgan fingerprint density at radius 1 is 1.56 bits per heavy atom. The first kappa shape index (κ1) is 11.4.